The molecule has 21 heavy (non-hydrogen) atoms. The summed E-state index contributed by atoms with van der Waals surface area (Å²) < 4.78 is 5.16. The molecule has 1 atom stereocenters. The van der Waals surface area contributed by atoms with Gasteiger partial charge >= 0.3 is 0 Å². The monoisotopic (exact) mass is 314 g/mol. The number of methoxy groups -OCH3 is 1. The SMILES string of the molecule is COc1ccc(N)cc1NC(=O)CCCSCC(O)CO. The van der Waals surface area contributed by atoms with Gasteiger partial charge in [0.1, 0.15) is 5.75 Å². The van der Waals surface area contributed by atoms with Crippen molar-refractivity contribution >= 4 is 29.0 Å². The highest BCUT2D eigenvalue weighted by Crippen LogP contribution is 2.26. The van der Waals surface area contributed by atoms with Gasteiger partial charge in [-0.05, 0) is 30.4 Å². The summed E-state index contributed by atoms with van der Waals surface area (Å²) in [4.78, 5) is 11.8. The molecule has 0 aliphatic carbocycles. The van der Waals surface area contributed by atoms with Gasteiger partial charge < -0.3 is 26.0 Å². The van der Waals surface area contributed by atoms with Crippen molar-refractivity contribution in [3.8, 4) is 5.75 Å². The molecule has 5 N–H and O–H groups in total. The first-order valence-corrected chi connectivity index (χ1v) is 7.82. The smallest absolute Gasteiger partial charge is 0.224 e. The molecule has 1 aromatic carbocycles. The van der Waals surface area contributed by atoms with E-state index in [0.717, 1.165) is 5.75 Å². The lowest BCUT2D eigenvalue weighted by molar-refractivity contribution is -0.116. The van der Waals surface area contributed by atoms with Crippen molar-refractivity contribution < 1.29 is 19.7 Å². The number of nitrogens with two attached hydrogens (primary N) is 1. The van der Waals surface area contributed by atoms with E-state index in [-0.39, 0.29) is 12.5 Å². The fourth-order valence-corrected chi connectivity index (χ4v) is 2.54. The third-order valence-corrected chi connectivity index (χ3v) is 3.91. The normalized spacial score (nSPS) is 12.0. The second-order valence-corrected chi connectivity index (χ2v) is 5.67. The van der Waals surface area contributed by atoms with E-state index in [1.54, 1.807) is 18.2 Å². The number of nitrogen functional groups attached to an aromatic ring is 1. The zero-order chi connectivity index (χ0) is 15.7. The number of carbonyl (C=O) groups is 1. The number of aliphatic hydroxyl groups is 2. The quantitative estimate of drug-likeness (QED) is 0.402. The molecule has 0 fully saturated rings. The number of ether oxygens (including phenoxy) is 1. The standard InChI is InChI=1S/C14H22N2O4S/c1-20-13-5-4-10(15)7-12(13)16-14(19)3-2-6-21-9-11(18)8-17/h4-5,7,11,17-18H,2-3,6,8-9,15H2,1H3,(H,16,19). The average Bonchev–Trinajstić information content (AvgIpc) is 2.46. The predicted molar refractivity (Wildman–Crippen MR) is 85.7 cm³/mol. The van der Waals surface area contributed by atoms with Crippen LogP contribution in [0.3, 0.4) is 0 Å². The number of thioether (sulfide) groups is 1. The van der Waals surface area contributed by atoms with Gasteiger partial charge in [-0.3, -0.25) is 4.79 Å². The maximum Gasteiger partial charge on any atom is 0.224 e. The highest BCUT2D eigenvalue weighted by atomic mass is 32.2. The molecule has 0 aliphatic rings. The van der Waals surface area contributed by atoms with E-state index in [1.165, 1.54) is 18.9 Å². The molecule has 1 amide bonds. The van der Waals surface area contributed by atoms with Crippen LogP contribution in [0.5, 0.6) is 5.75 Å². The third kappa shape index (κ3) is 6.70. The summed E-state index contributed by atoms with van der Waals surface area (Å²) in [6.45, 7) is -0.233. The van der Waals surface area contributed by atoms with Crippen LogP contribution in [0.1, 0.15) is 12.8 Å². The summed E-state index contributed by atoms with van der Waals surface area (Å²) >= 11 is 1.51. The molecule has 7 heteroatoms. The molecule has 0 aromatic heterocycles. The molecule has 118 valence electrons. The molecule has 6 nitrogen and oxygen atoms in total. The van der Waals surface area contributed by atoms with Gasteiger partial charge in [-0.2, -0.15) is 11.8 Å². The summed E-state index contributed by atoms with van der Waals surface area (Å²) in [7, 11) is 1.53. The van der Waals surface area contributed by atoms with E-state index >= 15 is 0 Å². The van der Waals surface area contributed by atoms with E-state index in [2.05, 4.69) is 5.32 Å². The van der Waals surface area contributed by atoms with Crippen LogP contribution in [0.2, 0.25) is 0 Å². The molecule has 1 rings (SSSR count). The molecule has 0 saturated carbocycles. The largest absolute Gasteiger partial charge is 0.495 e. The van der Waals surface area contributed by atoms with Gasteiger partial charge in [0.05, 0.1) is 25.5 Å². The molecule has 0 radical (unpaired) electrons. The van der Waals surface area contributed by atoms with Gasteiger partial charge in [-0.15, -0.1) is 0 Å². The van der Waals surface area contributed by atoms with Crippen LogP contribution in [0.15, 0.2) is 18.2 Å². The second-order valence-electron chi connectivity index (χ2n) is 4.52. The number of carbonyl (C=O) groups excluding carboxylic acids is 1. The van der Waals surface area contributed by atoms with Gasteiger partial charge in [-0.25, -0.2) is 0 Å². The Balaban J connectivity index is 2.32. The maximum atomic E-state index is 11.8. The van der Waals surface area contributed by atoms with Crippen LogP contribution in [0, 0.1) is 0 Å². The van der Waals surface area contributed by atoms with Gasteiger partial charge in [0.2, 0.25) is 5.91 Å². The number of aliphatic hydroxyl groups excluding tert-OH is 2. The minimum absolute atomic E-state index is 0.109. The topological polar surface area (TPSA) is 105 Å². The Morgan fingerprint density at radius 2 is 2.29 bits per heavy atom. The van der Waals surface area contributed by atoms with Crippen LogP contribution < -0.4 is 15.8 Å². The first-order chi connectivity index (χ1) is 10.1. The summed E-state index contributed by atoms with van der Waals surface area (Å²) in [6.07, 6.45) is 0.375. The van der Waals surface area contributed by atoms with Crippen molar-refractivity contribution in [2.75, 3.05) is 36.3 Å². The minimum atomic E-state index is -0.694. The Hall–Kier alpha value is -1.44. The second kappa shape index (κ2) is 9.49. The number of anilines is 2. The molecule has 0 bridgehead atoms. The van der Waals surface area contributed by atoms with Crippen molar-refractivity contribution in [1.29, 1.82) is 0 Å². The Labute approximate surface area is 128 Å². The summed E-state index contributed by atoms with van der Waals surface area (Å²) in [6, 6.07) is 5.07. The van der Waals surface area contributed by atoms with Crippen molar-refractivity contribution in [2.45, 2.75) is 18.9 Å². The van der Waals surface area contributed by atoms with E-state index < -0.39 is 6.10 Å². The number of nitrogens with one attached hydrogen (secondary N) is 1. The van der Waals surface area contributed by atoms with Crippen molar-refractivity contribution in [1.82, 2.24) is 0 Å². The van der Waals surface area contributed by atoms with Crippen LogP contribution in [0.4, 0.5) is 11.4 Å². The van der Waals surface area contributed by atoms with Gasteiger partial charge in [-0.1, -0.05) is 0 Å². The first-order valence-electron chi connectivity index (χ1n) is 6.67. The molecule has 0 heterocycles. The predicted octanol–water partition coefficient (Wildman–Crippen LogP) is 1.08. The van der Waals surface area contributed by atoms with Crippen molar-refractivity contribution in [2.24, 2.45) is 0 Å². The van der Waals surface area contributed by atoms with Crippen LogP contribution >= 0.6 is 11.8 Å². The lowest BCUT2D eigenvalue weighted by atomic mass is 10.2. The average molecular weight is 314 g/mol. The molecule has 0 saturated heterocycles. The highest BCUT2D eigenvalue weighted by molar-refractivity contribution is 7.99. The number of hydrogen-bond acceptors (Lipinski definition) is 6. The van der Waals surface area contributed by atoms with Gasteiger partial charge in [0.15, 0.2) is 0 Å². The Bertz CT molecular complexity index is 457. The summed E-state index contributed by atoms with van der Waals surface area (Å²) in [5, 5.41) is 20.6. The molecule has 1 unspecified atom stereocenters. The lowest BCUT2D eigenvalue weighted by Crippen LogP contribution is -2.15. The van der Waals surface area contributed by atoms with Crippen LogP contribution in [-0.4, -0.2) is 47.4 Å². The van der Waals surface area contributed by atoms with Crippen LogP contribution in [0.25, 0.3) is 0 Å². The zero-order valence-corrected chi connectivity index (χ0v) is 12.9. The summed E-state index contributed by atoms with van der Waals surface area (Å²) in [5.74, 6) is 1.68. The van der Waals surface area contributed by atoms with E-state index in [0.29, 0.717) is 35.7 Å². The number of benzene rings is 1. The number of rotatable bonds is 9. The van der Waals surface area contributed by atoms with Crippen LogP contribution in [-0.2, 0) is 4.79 Å². The number of hydrogen-bond donors (Lipinski definition) is 4. The Kier molecular flexibility index (Phi) is 7.96. The summed E-state index contributed by atoms with van der Waals surface area (Å²) in [5.41, 5.74) is 6.80. The van der Waals surface area contributed by atoms with Crippen molar-refractivity contribution in [3.63, 3.8) is 0 Å². The fourth-order valence-electron chi connectivity index (χ4n) is 1.64. The van der Waals surface area contributed by atoms with Gasteiger partial charge in [0, 0.05) is 17.9 Å². The Morgan fingerprint density at radius 1 is 1.52 bits per heavy atom. The Morgan fingerprint density at radius 3 is 2.95 bits per heavy atom. The van der Waals surface area contributed by atoms with Gasteiger partial charge in [0.25, 0.3) is 0 Å². The number of amides is 1. The fraction of sp³-hybridized carbons (Fsp3) is 0.500. The third-order valence-electron chi connectivity index (χ3n) is 2.71. The minimum Gasteiger partial charge on any atom is -0.495 e. The highest BCUT2D eigenvalue weighted by Gasteiger charge is 2.08. The van der Waals surface area contributed by atoms with E-state index in [1.807, 2.05) is 0 Å². The van der Waals surface area contributed by atoms with E-state index in [9.17, 15) is 4.79 Å². The zero-order valence-electron chi connectivity index (χ0n) is 12.0. The van der Waals surface area contributed by atoms with Crippen molar-refractivity contribution in [3.05, 3.63) is 18.2 Å². The first kappa shape index (κ1) is 17.6. The molecule has 1 aromatic rings. The molecule has 0 aliphatic heterocycles. The molecule has 0 spiro atoms. The maximum absolute atomic E-state index is 11.8. The lowest BCUT2D eigenvalue weighted by Gasteiger charge is -2.11. The van der Waals surface area contributed by atoms with E-state index in [4.69, 9.17) is 20.7 Å². The molecular formula is C14H22N2O4S. The molecular weight excluding hydrogens is 292 g/mol.